The van der Waals surface area contributed by atoms with Crippen molar-refractivity contribution in [2.75, 3.05) is 26.2 Å². The van der Waals surface area contributed by atoms with Crippen LogP contribution in [0.3, 0.4) is 0 Å². The predicted molar refractivity (Wildman–Crippen MR) is 103 cm³/mol. The molecule has 0 aromatic rings. The highest BCUT2D eigenvalue weighted by atomic mass is 16.6. The van der Waals surface area contributed by atoms with Crippen LogP contribution in [0.2, 0.25) is 0 Å². The minimum absolute atomic E-state index is 0.00207. The standard InChI is InChI=1S/C20H35N3O4/c1-4-27-20(26)23-11-9-17(10-12-23)22-19(25)16-7-5-15(6-8-16)18(24)21-13-14(2)3/h14-17H,4-13H2,1-3H3,(H,21,24)(H,22,25). The van der Waals surface area contributed by atoms with E-state index in [1.54, 1.807) is 11.8 Å². The van der Waals surface area contributed by atoms with E-state index in [0.29, 0.717) is 32.2 Å². The Kier molecular flexibility index (Phi) is 8.38. The normalized spacial score (nSPS) is 23.8. The van der Waals surface area contributed by atoms with Crippen LogP contribution in [0.25, 0.3) is 0 Å². The molecule has 2 N–H and O–H groups in total. The molecular weight excluding hydrogens is 346 g/mol. The number of hydrogen-bond acceptors (Lipinski definition) is 4. The van der Waals surface area contributed by atoms with Gasteiger partial charge in [-0.1, -0.05) is 13.8 Å². The molecule has 3 amide bonds. The van der Waals surface area contributed by atoms with Crippen molar-refractivity contribution < 1.29 is 19.1 Å². The fourth-order valence-corrected chi connectivity index (χ4v) is 3.81. The Morgan fingerprint density at radius 2 is 1.52 bits per heavy atom. The second kappa shape index (κ2) is 10.5. The van der Waals surface area contributed by atoms with Gasteiger partial charge >= 0.3 is 6.09 Å². The molecule has 7 heteroatoms. The molecule has 0 aromatic heterocycles. The molecule has 0 radical (unpaired) electrons. The van der Waals surface area contributed by atoms with Gasteiger partial charge in [0.05, 0.1) is 6.61 Å². The average Bonchev–Trinajstić information content (AvgIpc) is 2.67. The lowest BCUT2D eigenvalue weighted by Crippen LogP contribution is -2.48. The van der Waals surface area contributed by atoms with Crippen molar-refractivity contribution in [3.63, 3.8) is 0 Å². The molecule has 7 nitrogen and oxygen atoms in total. The van der Waals surface area contributed by atoms with Crippen LogP contribution in [0.4, 0.5) is 4.79 Å². The minimum atomic E-state index is -0.267. The Morgan fingerprint density at radius 3 is 2.04 bits per heavy atom. The fourth-order valence-electron chi connectivity index (χ4n) is 3.81. The monoisotopic (exact) mass is 381 g/mol. The molecule has 1 saturated carbocycles. The van der Waals surface area contributed by atoms with Crippen LogP contribution in [0, 0.1) is 17.8 Å². The first-order chi connectivity index (χ1) is 12.9. The third-order valence-corrected chi connectivity index (χ3v) is 5.52. The highest BCUT2D eigenvalue weighted by molar-refractivity contribution is 5.81. The van der Waals surface area contributed by atoms with Gasteiger partial charge in [-0.3, -0.25) is 9.59 Å². The zero-order chi connectivity index (χ0) is 19.8. The maximum Gasteiger partial charge on any atom is 0.409 e. The SMILES string of the molecule is CCOC(=O)N1CCC(NC(=O)C2CCC(C(=O)NCC(C)C)CC2)CC1. The Morgan fingerprint density at radius 1 is 0.963 bits per heavy atom. The molecule has 27 heavy (non-hydrogen) atoms. The van der Waals surface area contributed by atoms with Gasteiger partial charge < -0.3 is 20.3 Å². The first-order valence-corrected chi connectivity index (χ1v) is 10.4. The van der Waals surface area contributed by atoms with Gasteiger partial charge in [-0.2, -0.15) is 0 Å². The Balaban J connectivity index is 1.68. The Hall–Kier alpha value is -1.79. The number of nitrogens with one attached hydrogen (secondary N) is 2. The summed E-state index contributed by atoms with van der Waals surface area (Å²) in [6, 6.07) is 0.121. The van der Waals surface area contributed by atoms with Crippen molar-refractivity contribution in [2.24, 2.45) is 17.8 Å². The number of carbonyl (C=O) groups excluding carboxylic acids is 3. The van der Waals surface area contributed by atoms with E-state index in [2.05, 4.69) is 24.5 Å². The van der Waals surface area contributed by atoms with Crippen LogP contribution in [0.15, 0.2) is 0 Å². The van der Waals surface area contributed by atoms with Gasteiger partial charge in [-0.25, -0.2) is 4.79 Å². The molecule has 0 atom stereocenters. The second-order valence-corrected chi connectivity index (χ2v) is 8.16. The number of nitrogens with zero attached hydrogens (tertiary/aromatic N) is 1. The van der Waals surface area contributed by atoms with E-state index < -0.39 is 0 Å². The second-order valence-electron chi connectivity index (χ2n) is 8.16. The van der Waals surface area contributed by atoms with Gasteiger partial charge in [0.1, 0.15) is 0 Å². The highest BCUT2D eigenvalue weighted by Gasteiger charge is 2.31. The van der Waals surface area contributed by atoms with Gasteiger partial charge in [0.2, 0.25) is 11.8 Å². The first-order valence-electron chi connectivity index (χ1n) is 10.4. The molecule has 2 fully saturated rings. The molecule has 0 aromatic carbocycles. The number of ether oxygens (including phenoxy) is 1. The minimum Gasteiger partial charge on any atom is -0.450 e. The molecule has 1 aliphatic heterocycles. The van der Waals surface area contributed by atoms with E-state index in [1.165, 1.54) is 0 Å². The molecule has 0 spiro atoms. The summed E-state index contributed by atoms with van der Waals surface area (Å²) >= 11 is 0. The summed E-state index contributed by atoms with van der Waals surface area (Å²) in [6.45, 7) is 8.29. The van der Waals surface area contributed by atoms with Crippen molar-refractivity contribution in [1.82, 2.24) is 15.5 Å². The van der Waals surface area contributed by atoms with Gasteiger partial charge in [0, 0.05) is 37.5 Å². The van der Waals surface area contributed by atoms with E-state index in [9.17, 15) is 14.4 Å². The summed E-state index contributed by atoms with van der Waals surface area (Å²) < 4.78 is 5.02. The number of rotatable bonds is 6. The molecule has 0 bridgehead atoms. The molecule has 2 aliphatic rings. The zero-order valence-electron chi connectivity index (χ0n) is 17.0. The average molecular weight is 382 g/mol. The number of piperidine rings is 1. The van der Waals surface area contributed by atoms with Crippen LogP contribution in [0.1, 0.15) is 59.3 Å². The van der Waals surface area contributed by atoms with Crippen LogP contribution in [-0.2, 0) is 14.3 Å². The molecule has 154 valence electrons. The Bertz CT molecular complexity index is 507. The molecule has 1 heterocycles. The van der Waals surface area contributed by atoms with E-state index >= 15 is 0 Å². The third kappa shape index (κ3) is 6.70. The molecule has 2 rings (SSSR count). The van der Waals surface area contributed by atoms with Crippen molar-refractivity contribution in [2.45, 2.75) is 65.3 Å². The highest BCUT2D eigenvalue weighted by Crippen LogP contribution is 2.29. The molecule has 1 saturated heterocycles. The van der Waals surface area contributed by atoms with Crippen molar-refractivity contribution in [3.05, 3.63) is 0 Å². The molecular formula is C20H35N3O4. The maximum absolute atomic E-state index is 12.6. The van der Waals surface area contributed by atoms with Gasteiger partial charge in [0.25, 0.3) is 0 Å². The predicted octanol–water partition coefficient (Wildman–Crippen LogP) is 2.30. The van der Waals surface area contributed by atoms with Gasteiger partial charge in [0.15, 0.2) is 0 Å². The van der Waals surface area contributed by atoms with E-state index in [0.717, 1.165) is 38.5 Å². The van der Waals surface area contributed by atoms with Gasteiger partial charge in [-0.15, -0.1) is 0 Å². The lowest BCUT2D eigenvalue weighted by atomic mass is 9.81. The van der Waals surface area contributed by atoms with Crippen LogP contribution in [0.5, 0.6) is 0 Å². The molecule has 0 unspecified atom stereocenters. The zero-order valence-corrected chi connectivity index (χ0v) is 17.0. The van der Waals surface area contributed by atoms with Crippen LogP contribution >= 0.6 is 0 Å². The third-order valence-electron chi connectivity index (χ3n) is 5.52. The van der Waals surface area contributed by atoms with Crippen molar-refractivity contribution >= 4 is 17.9 Å². The first kappa shape index (κ1) is 21.5. The van der Waals surface area contributed by atoms with Crippen LogP contribution < -0.4 is 10.6 Å². The molecule has 1 aliphatic carbocycles. The summed E-state index contributed by atoms with van der Waals surface area (Å²) in [4.78, 5) is 38.2. The van der Waals surface area contributed by atoms with E-state index in [-0.39, 0.29) is 35.8 Å². The number of hydrogen-bond donors (Lipinski definition) is 2. The maximum atomic E-state index is 12.6. The van der Waals surface area contributed by atoms with Crippen LogP contribution in [-0.4, -0.2) is 55.1 Å². The van der Waals surface area contributed by atoms with Gasteiger partial charge in [-0.05, 0) is 51.4 Å². The van der Waals surface area contributed by atoms with E-state index in [4.69, 9.17) is 4.74 Å². The quantitative estimate of drug-likeness (QED) is 0.739. The smallest absolute Gasteiger partial charge is 0.409 e. The summed E-state index contributed by atoms with van der Waals surface area (Å²) in [5.41, 5.74) is 0. The number of carbonyl (C=O) groups is 3. The summed E-state index contributed by atoms with van der Waals surface area (Å²) in [6.07, 6.45) is 4.36. The lowest BCUT2D eigenvalue weighted by molar-refractivity contribution is -0.131. The van der Waals surface area contributed by atoms with E-state index in [1.807, 2.05) is 0 Å². The Labute approximate surface area is 162 Å². The number of amides is 3. The summed E-state index contributed by atoms with van der Waals surface area (Å²) in [5, 5.41) is 6.15. The topological polar surface area (TPSA) is 87.7 Å². The summed E-state index contributed by atoms with van der Waals surface area (Å²) in [7, 11) is 0. The largest absolute Gasteiger partial charge is 0.450 e. The fraction of sp³-hybridized carbons (Fsp3) is 0.850. The van der Waals surface area contributed by atoms with Crippen molar-refractivity contribution in [3.8, 4) is 0 Å². The lowest BCUT2D eigenvalue weighted by Gasteiger charge is -2.33. The summed E-state index contributed by atoms with van der Waals surface area (Å²) in [5.74, 6) is 0.730. The van der Waals surface area contributed by atoms with Crippen molar-refractivity contribution in [1.29, 1.82) is 0 Å². The number of likely N-dealkylation sites (tertiary alicyclic amines) is 1.